The first kappa shape index (κ1) is 11.2. The molecule has 0 saturated heterocycles. The van der Waals surface area contributed by atoms with E-state index in [0.29, 0.717) is 6.61 Å². The van der Waals surface area contributed by atoms with Crippen LogP contribution in [0.1, 0.15) is 29.4 Å². The van der Waals surface area contributed by atoms with Gasteiger partial charge < -0.3 is 10.5 Å². The summed E-state index contributed by atoms with van der Waals surface area (Å²) in [4.78, 5) is 4.14. The number of hydrogen-bond donors (Lipinski definition) is 1. The van der Waals surface area contributed by atoms with E-state index in [9.17, 15) is 0 Å². The van der Waals surface area contributed by atoms with Gasteiger partial charge in [0.2, 0.25) is 0 Å². The molecular weight excluding hydrogens is 228 g/mol. The minimum absolute atomic E-state index is 0.151. The summed E-state index contributed by atoms with van der Waals surface area (Å²) in [7, 11) is 1.86. The third kappa shape index (κ3) is 1.86. The fourth-order valence-corrected chi connectivity index (χ4v) is 2.38. The van der Waals surface area contributed by atoms with Crippen LogP contribution in [-0.4, -0.2) is 14.8 Å². The molecule has 1 aliphatic rings. The minimum Gasteiger partial charge on any atom is -0.485 e. The third-order valence-corrected chi connectivity index (χ3v) is 3.44. The van der Waals surface area contributed by atoms with Crippen LogP contribution in [0.15, 0.2) is 24.5 Å². The molecule has 0 aliphatic heterocycles. The van der Waals surface area contributed by atoms with Crippen LogP contribution < -0.4 is 10.5 Å². The molecule has 1 aromatic carbocycles. The number of nitrogens with two attached hydrogens (primary N) is 1. The van der Waals surface area contributed by atoms with E-state index in [1.165, 1.54) is 17.5 Å². The van der Waals surface area contributed by atoms with Crippen LogP contribution in [0.3, 0.4) is 0 Å². The summed E-state index contributed by atoms with van der Waals surface area (Å²) in [6.45, 7) is 0.433. The average Bonchev–Trinajstić information content (AvgIpc) is 2.95. The molecular formula is C13H16N4O. The van der Waals surface area contributed by atoms with Gasteiger partial charge >= 0.3 is 0 Å². The first-order valence-electron chi connectivity index (χ1n) is 6.09. The van der Waals surface area contributed by atoms with Gasteiger partial charge in [0.25, 0.3) is 0 Å². The molecule has 1 aromatic heterocycles. The number of fused-ring (bicyclic) bond motifs is 1. The molecule has 1 aliphatic carbocycles. The Bertz CT molecular complexity index is 564. The molecule has 3 rings (SSSR count). The van der Waals surface area contributed by atoms with Crippen LogP contribution in [0.5, 0.6) is 5.75 Å². The summed E-state index contributed by atoms with van der Waals surface area (Å²) in [5, 5.41) is 4.02. The van der Waals surface area contributed by atoms with Crippen molar-refractivity contribution < 1.29 is 4.74 Å². The fourth-order valence-electron chi connectivity index (χ4n) is 2.38. The van der Waals surface area contributed by atoms with E-state index in [-0.39, 0.29) is 6.04 Å². The van der Waals surface area contributed by atoms with Crippen molar-refractivity contribution in [3.05, 3.63) is 41.5 Å². The van der Waals surface area contributed by atoms with Crippen LogP contribution >= 0.6 is 0 Å². The maximum Gasteiger partial charge on any atom is 0.164 e. The molecule has 0 fully saturated rings. The molecule has 1 heterocycles. The van der Waals surface area contributed by atoms with Gasteiger partial charge in [-0.1, -0.05) is 12.1 Å². The van der Waals surface area contributed by atoms with Crippen molar-refractivity contribution in [1.29, 1.82) is 0 Å². The lowest BCUT2D eigenvalue weighted by Gasteiger charge is -2.11. The van der Waals surface area contributed by atoms with Gasteiger partial charge in [0.15, 0.2) is 5.82 Å². The molecule has 2 N–H and O–H groups in total. The van der Waals surface area contributed by atoms with Crippen molar-refractivity contribution in [2.24, 2.45) is 12.8 Å². The summed E-state index contributed by atoms with van der Waals surface area (Å²) in [6.07, 6.45) is 3.52. The first-order chi connectivity index (χ1) is 8.75. The molecule has 0 saturated carbocycles. The number of benzene rings is 1. The zero-order valence-corrected chi connectivity index (χ0v) is 10.3. The molecule has 5 nitrogen and oxygen atoms in total. The lowest BCUT2D eigenvalue weighted by Crippen LogP contribution is -2.07. The van der Waals surface area contributed by atoms with E-state index in [2.05, 4.69) is 16.1 Å². The lowest BCUT2D eigenvalue weighted by atomic mass is 10.1. The second-order valence-electron chi connectivity index (χ2n) is 4.56. The first-order valence-corrected chi connectivity index (χ1v) is 6.09. The van der Waals surface area contributed by atoms with E-state index in [1.807, 2.05) is 19.2 Å². The van der Waals surface area contributed by atoms with E-state index in [4.69, 9.17) is 10.5 Å². The Kier molecular flexibility index (Phi) is 2.76. The van der Waals surface area contributed by atoms with E-state index >= 15 is 0 Å². The predicted molar refractivity (Wildman–Crippen MR) is 67.0 cm³/mol. The largest absolute Gasteiger partial charge is 0.485 e. The van der Waals surface area contributed by atoms with Crippen molar-refractivity contribution in [2.45, 2.75) is 25.5 Å². The SMILES string of the molecule is Cn1ncnc1COc1cccc2c1CCC2N. The number of ether oxygens (including phenoxy) is 1. The Morgan fingerprint density at radius 1 is 1.50 bits per heavy atom. The second kappa shape index (κ2) is 4.42. The summed E-state index contributed by atoms with van der Waals surface area (Å²) in [5.41, 5.74) is 8.50. The van der Waals surface area contributed by atoms with Crippen LogP contribution in [0, 0.1) is 0 Å². The normalized spacial score (nSPS) is 17.8. The van der Waals surface area contributed by atoms with Gasteiger partial charge in [0.1, 0.15) is 18.7 Å². The highest BCUT2D eigenvalue weighted by Crippen LogP contribution is 2.35. The van der Waals surface area contributed by atoms with Crippen LogP contribution in [0.4, 0.5) is 0 Å². The van der Waals surface area contributed by atoms with Crippen LogP contribution in [0.2, 0.25) is 0 Å². The highest BCUT2D eigenvalue weighted by molar-refractivity contribution is 5.44. The molecule has 94 valence electrons. The maximum absolute atomic E-state index is 6.05. The summed E-state index contributed by atoms with van der Waals surface area (Å²) < 4.78 is 7.56. The number of aryl methyl sites for hydroxylation is 1. The Labute approximate surface area is 106 Å². The third-order valence-electron chi connectivity index (χ3n) is 3.44. The van der Waals surface area contributed by atoms with Crippen molar-refractivity contribution >= 4 is 0 Å². The van der Waals surface area contributed by atoms with Gasteiger partial charge in [-0.05, 0) is 30.0 Å². The lowest BCUT2D eigenvalue weighted by molar-refractivity contribution is 0.287. The van der Waals surface area contributed by atoms with Gasteiger partial charge in [-0.3, -0.25) is 4.68 Å². The highest BCUT2D eigenvalue weighted by atomic mass is 16.5. The van der Waals surface area contributed by atoms with Crippen LogP contribution in [0.25, 0.3) is 0 Å². The Balaban J connectivity index is 1.80. The monoisotopic (exact) mass is 244 g/mol. The van der Waals surface area contributed by atoms with E-state index in [0.717, 1.165) is 24.4 Å². The van der Waals surface area contributed by atoms with Crippen molar-refractivity contribution in [3.8, 4) is 5.75 Å². The van der Waals surface area contributed by atoms with Crippen molar-refractivity contribution in [1.82, 2.24) is 14.8 Å². The molecule has 0 amide bonds. The molecule has 2 aromatic rings. The van der Waals surface area contributed by atoms with Gasteiger partial charge in [-0.2, -0.15) is 5.10 Å². The van der Waals surface area contributed by atoms with Crippen LogP contribution in [-0.2, 0) is 20.1 Å². The van der Waals surface area contributed by atoms with Gasteiger partial charge in [0.05, 0.1) is 0 Å². The highest BCUT2D eigenvalue weighted by Gasteiger charge is 2.22. The Morgan fingerprint density at radius 3 is 3.17 bits per heavy atom. The number of rotatable bonds is 3. The Hall–Kier alpha value is -1.88. The molecule has 0 bridgehead atoms. The van der Waals surface area contributed by atoms with Crippen molar-refractivity contribution in [2.75, 3.05) is 0 Å². The number of hydrogen-bond acceptors (Lipinski definition) is 4. The second-order valence-corrected chi connectivity index (χ2v) is 4.56. The van der Waals surface area contributed by atoms with Gasteiger partial charge in [-0.25, -0.2) is 4.98 Å². The van der Waals surface area contributed by atoms with E-state index < -0.39 is 0 Å². The zero-order valence-electron chi connectivity index (χ0n) is 10.3. The quantitative estimate of drug-likeness (QED) is 0.884. The fraction of sp³-hybridized carbons (Fsp3) is 0.385. The molecule has 0 spiro atoms. The average molecular weight is 244 g/mol. The standard InChI is InChI=1S/C13H16N4O/c1-17-13(15-8-16-17)7-18-12-4-2-3-9-10(12)5-6-11(9)14/h2-4,8,11H,5-7,14H2,1H3. The topological polar surface area (TPSA) is 66.0 Å². The van der Waals surface area contributed by atoms with Gasteiger partial charge in [0, 0.05) is 13.1 Å². The predicted octanol–water partition coefficient (Wildman–Crippen LogP) is 1.34. The summed E-state index contributed by atoms with van der Waals surface area (Å²) in [5.74, 6) is 1.73. The smallest absolute Gasteiger partial charge is 0.164 e. The maximum atomic E-state index is 6.05. The van der Waals surface area contributed by atoms with E-state index in [1.54, 1.807) is 4.68 Å². The minimum atomic E-state index is 0.151. The molecule has 5 heteroatoms. The van der Waals surface area contributed by atoms with Gasteiger partial charge in [-0.15, -0.1) is 0 Å². The Morgan fingerprint density at radius 2 is 2.39 bits per heavy atom. The number of aromatic nitrogens is 3. The molecule has 1 atom stereocenters. The van der Waals surface area contributed by atoms with Crippen molar-refractivity contribution in [3.63, 3.8) is 0 Å². The molecule has 0 radical (unpaired) electrons. The summed E-state index contributed by atoms with van der Waals surface area (Å²) >= 11 is 0. The summed E-state index contributed by atoms with van der Waals surface area (Å²) in [6, 6.07) is 6.23. The zero-order chi connectivity index (χ0) is 12.5. The molecule has 18 heavy (non-hydrogen) atoms. The molecule has 1 unspecified atom stereocenters. The number of nitrogens with zero attached hydrogens (tertiary/aromatic N) is 3.